The monoisotopic (exact) mass is 398 g/mol. The molecule has 2 heterocycles. The molecule has 7 nitrogen and oxygen atoms in total. The van der Waals surface area contributed by atoms with Crippen LogP contribution in [0.15, 0.2) is 29.2 Å². The van der Waals surface area contributed by atoms with E-state index in [0.717, 1.165) is 6.07 Å². The molecule has 0 aromatic heterocycles. The Morgan fingerprint density at radius 2 is 1.70 bits per heavy atom. The van der Waals surface area contributed by atoms with Crippen LogP contribution in [0, 0.1) is 17.7 Å². The minimum atomic E-state index is -3.93. The molecule has 0 unspecified atom stereocenters. The Morgan fingerprint density at radius 1 is 1.04 bits per heavy atom. The highest BCUT2D eigenvalue weighted by Crippen LogP contribution is 2.27. The maximum Gasteiger partial charge on any atom is 0.308 e. The molecule has 1 amide bonds. The van der Waals surface area contributed by atoms with Crippen LogP contribution in [0.5, 0.6) is 0 Å². The van der Waals surface area contributed by atoms with Gasteiger partial charge in [0.2, 0.25) is 15.9 Å². The first-order chi connectivity index (χ1) is 12.8. The second-order valence-electron chi connectivity index (χ2n) is 7.07. The maximum atomic E-state index is 13.9. The summed E-state index contributed by atoms with van der Waals surface area (Å²) in [5.41, 5.74) is 0. The number of hydrogen-bond donors (Lipinski definition) is 1. The van der Waals surface area contributed by atoms with E-state index in [1.807, 2.05) is 0 Å². The molecule has 2 aliphatic rings. The Balaban J connectivity index is 1.62. The van der Waals surface area contributed by atoms with Crippen LogP contribution in [-0.4, -0.2) is 60.8 Å². The standard InChI is InChI=1S/C18H23FN2O5S/c19-15-5-1-2-6-16(15)27(25,26)21-10-7-13(8-11-21)17(22)20-9-3-4-14(12-20)18(23)24/h1-2,5-6,13-14H,3-4,7-12H2,(H,23,24)/t14-/m0/s1. The normalized spacial score (nSPS) is 22.6. The number of amides is 1. The van der Waals surface area contributed by atoms with Gasteiger partial charge in [-0.1, -0.05) is 12.1 Å². The van der Waals surface area contributed by atoms with Crippen molar-refractivity contribution >= 4 is 21.9 Å². The molecule has 3 rings (SSSR count). The van der Waals surface area contributed by atoms with Gasteiger partial charge in [-0.25, -0.2) is 12.8 Å². The summed E-state index contributed by atoms with van der Waals surface area (Å²) in [5, 5.41) is 9.16. The van der Waals surface area contributed by atoms with Gasteiger partial charge in [-0.2, -0.15) is 4.31 Å². The zero-order valence-corrected chi connectivity index (χ0v) is 15.7. The minimum absolute atomic E-state index is 0.108. The van der Waals surface area contributed by atoms with E-state index in [2.05, 4.69) is 0 Å². The average molecular weight is 398 g/mol. The number of sulfonamides is 1. The van der Waals surface area contributed by atoms with E-state index in [0.29, 0.717) is 32.2 Å². The third-order valence-electron chi connectivity index (χ3n) is 5.34. The molecule has 1 aromatic rings. The SMILES string of the molecule is O=C(O)[C@H]1CCCN(C(=O)C2CCN(S(=O)(=O)c3ccccc3F)CC2)C1. The summed E-state index contributed by atoms with van der Waals surface area (Å²) in [6, 6.07) is 5.25. The van der Waals surface area contributed by atoms with Crippen molar-refractivity contribution in [2.45, 2.75) is 30.6 Å². The number of rotatable bonds is 4. The van der Waals surface area contributed by atoms with Gasteiger partial charge >= 0.3 is 5.97 Å². The Morgan fingerprint density at radius 3 is 2.33 bits per heavy atom. The van der Waals surface area contributed by atoms with Crippen molar-refractivity contribution in [1.29, 1.82) is 0 Å². The smallest absolute Gasteiger partial charge is 0.308 e. The highest BCUT2D eigenvalue weighted by molar-refractivity contribution is 7.89. The van der Waals surface area contributed by atoms with Gasteiger partial charge in [-0.3, -0.25) is 9.59 Å². The predicted octanol–water partition coefficient (Wildman–Crippen LogP) is 1.55. The van der Waals surface area contributed by atoms with Crippen LogP contribution >= 0.6 is 0 Å². The summed E-state index contributed by atoms with van der Waals surface area (Å²) >= 11 is 0. The number of hydrogen-bond acceptors (Lipinski definition) is 4. The van der Waals surface area contributed by atoms with Crippen LogP contribution in [-0.2, 0) is 19.6 Å². The number of piperidine rings is 2. The second kappa shape index (κ2) is 7.93. The van der Waals surface area contributed by atoms with Crippen LogP contribution < -0.4 is 0 Å². The van der Waals surface area contributed by atoms with Crippen LogP contribution in [0.25, 0.3) is 0 Å². The number of carboxylic acids is 1. The van der Waals surface area contributed by atoms with E-state index < -0.39 is 27.7 Å². The molecule has 1 atom stereocenters. The molecule has 27 heavy (non-hydrogen) atoms. The summed E-state index contributed by atoms with van der Waals surface area (Å²) in [4.78, 5) is 25.1. The molecule has 0 bridgehead atoms. The van der Waals surface area contributed by atoms with E-state index in [-0.39, 0.29) is 36.4 Å². The highest BCUT2D eigenvalue weighted by Gasteiger charge is 2.36. The number of halogens is 1. The lowest BCUT2D eigenvalue weighted by Crippen LogP contribution is -2.48. The van der Waals surface area contributed by atoms with E-state index in [9.17, 15) is 22.4 Å². The summed E-state index contributed by atoms with van der Waals surface area (Å²) in [7, 11) is -3.93. The summed E-state index contributed by atoms with van der Waals surface area (Å²) in [6.45, 7) is 1.03. The highest BCUT2D eigenvalue weighted by atomic mass is 32.2. The molecule has 0 radical (unpaired) electrons. The molecular formula is C18H23FN2O5S. The molecule has 0 aliphatic carbocycles. The van der Waals surface area contributed by atoms with Crippen molar-refractivity contribution in [2.75, 3.05) is 26.2 Å². The molecular weight excluding hydrogens is 375 g/mol. The van der Waals surface area contributed by atoms with Gasteiger partial charge in [-0.15, -0.1) is 0 Å². The number of nitrogens with zero attached hydrogens (tertiary/aromatic N) is 2. The van der Waals surface area contributed by atoms with Crippen molar-refractivity contribution in [3.05, 3.63) is 30.1 Å². The van der Waals surface area contributed by atoms with Gasteiger partial charge < -0.3 is 10.0 Å². The number of carboxylic acid groups (broad SMARTS) is 1. The Labute approximate surface area is 157 Å². The number of benzene rings is 1. The first kappa shape index (κ1) is 19.8. The van der Waals surface area contributed by atoms with Crippen LogP contribution in [0.2, 0.25) is 0 Å². The number of aliphatic carboxylic acids is 1. The first-order valence-electron chi connectivity index (χ1n) is 9.07. The largest absolute Gasteiger partial charge is 0.481 e. The predicted molar refractivity (Wildman–Crippen MR) is 94.8 cm³/mol. The van der Waals surface area contributed by atoms with Crippen LogP contribution in [0.3, 0.4) is 0 Å². The van der Waals surface area contributed by atoms with Crippen LogP contribution in [0.1, 0.15) is 25.7 Å². The van der Waals surface area contributed by atoms with Crippen LogP contribution in [0.4, 0.5) is 4.39 Å². The zero-order chi connectivity index (χ0) is 19.6. The third-order valence-corrected chi connectivity index (χ3v) is 7.27. The summed E-state index contributed by atoms with van der Waals surface area (Å²) in [6.07, 6.45) is 1.92. The number of carbonyl (C=O) groups excluding carboxylic acids is 1. The fraction of sp³-hybridized carbons (Fsp3) is 0.556. The average Bonchev–Trinajstić information content (AvgIpc) is 2.68. The van der Waals surface area contributed by atoms with Crippen molar-refractivity contribution in [3.8, 4) is 0 Å². The molecule has 0 saturated carbocycles. The van der Waals surface area contributed by atoms with Gasteiger partial charge in [0.25, 0.3) is 0 Å². The summed E-state index contributed by atoms with van der Waals surface area (Å²) in [5.74, 6) is -2.65. The lowest BCUT2D eigenvalue weighted by atomic mass is 9.93. The van der Waals surface area contributed by atoms with Gasteiger partial charge in [0.15, 0.2) is 0 Å². The van der Waals surface area contributed by atoms with E-state index >= 15 is 0 Å². The Hall–Kier alpha value is -2.00. The fourth-order valence-corrected chi connectivity index (χ4v) is 5.31. The van der Waals surface area contributed by atoms with Gasteiger partial charge in [0.1, 0.15) is 10.7 Å². The quantitative estimate of drug-likeness (QED) is 0.830. The van der Waals surface area contributed by atoms with Gasteiger partial charge in [-0.05, 0) is 37.8 Å². The van der Waals surface area contributed by atoms with E-state index in [1.54, 1.807) is 4.90 Å². The Bertz CT molecular complexity index is 821. The van der Waals surface area contributed by atoms with Gasteiger partial charge in [0.05, 0.1) is 5.92 Å². The number of likely N-dealkylation sites (tertiary alicyclic amines) is 1. The van der Waals surface area contributed by atoms with Crippen molar-refractivity contribution in [2.24, 2.45) is 11.8 Å². The lowest BCUT2D eigenvalue weighted by molar-refractivity contribution is -0.147. The molecule has 0 spiro atoms. The fourth-order valence-electron chi connectivity index (χ4n) is 3.77. The lowest BCUT2D eigenvalue weighted by Gasteiger charge is -2.36. The molecule has 1 N–H and O–H groups in total. The topological polar surface area (TPSA) is 95.0 Å². The molecule has 148 valence electrons. The maximum absolute atomic E-state index is 13.9. The Kier molecular flexibility index (Phi) is 5.81. The van der Waals surface area contributed by atoms with Crippen molar-refractivity contribution < 1.29 is 27.5 Å². The van der Waals surface area contributed by atoms with Gasteiger partial charge in [0, 0.05) is 32.1 Å². The molecule has 2 aliphatic heterocycles. The second-order valence-corrected chi connectivity index (χ2v) is 8.98. The molecule has 2 saturated heterocycles. The van der Waals surface area contributed by atoms with Crippen molar-refractivity contribution in [1.82, 2.24) is 9.21 Å². The minimum Gasteiger partial charge on any atom is -0.481 e. The number of carbonyl (C=O) groups is 2. The van der Waals surface area contributed by atoms with Crippen molar-refractivity contribution in [3.63, 3.8) is 0 Å². The van der Waals surface area contributed by atoms with E-state index in [1.165, 1.54) is 22.5 Å². The molecule has 2 fully saturated rings. The van der Waals surface area contributed by atoms with E-state index in [4.69, 9.17) is 5.11 Å². The third kappa shape index (κ3) is 4.14. The molecule has 1 aromatic carbocycles. The zero-order valence-electron chi connectivity index (χ0n) is 14.9. The summed E-state index contributed by atoms with van der Waals surface area (Å²) < 4.78 is 40.3. The first-order valence-corrected chi connectivity index (χ1v) is 10.5. The molecule has 9 heteroatoms.